The third kappa shape index (κ3) is 5.57. The first-order valence-electron chi connectivity index (χ1n) is 1.69. The molecule has 0 aromatic rings. The van der Waals surface area contributed by atoms with Gasteiger partial charge in [-0.05, 0) is 15.9 Å². The fourth-order valence-corrected chi connectivity index (χ4v) is 0.0833. The van der Waals surface area contributed by atoms with Crippen LogP contribution in [-0.4, -0.2) is 16.5 Å². The summed E-state index contributed by atoms with van der Waals surface area (Å²) < 4.78 is 8.35. The minimum atomic E-state index is -3.58. The van der Waals surface area contributed by atoms with Crippen molar-refractivity contribution >= 4 is 27.9 Å². The quantitative estimate of drug-likeness (QED) is 0.275. The fourth-order valence-electron chi connectivity index (χ4n) is 0.0833. The molecule has 0 radical (unpaired) electrons. The van der Waals surface area contributed by atoms with Gasteiger partial charge in [-0.2, -0.15) is 0 Å². The van der Waals surface area contributed by atoms with Gasteiger partial charge in [0.15, 0.2) is 0 Å². The number of carbonyl (C=O) groups is 2. The summed E-state index contributed by atoms with van der Waals surface area (Å²) in [6.45, 7) is 0. The first-order chi connectivity index (χ1) is 3.89. The number of carbonyl (C=O) groups excluding carboxylic acids is 2. The monoisotopic (exact) mass is 244 g/mol. The Bertz CT molecular complexity index is 145. The van der Waals surface area contributed by atoms with Crippen molar-refractivity contribution in [1.29, 1.82) is 0 Å². The molecule has 0 aliphatic heterocycles. The minimum Gasteiger partial charge on any atom is -0.545 e. The summed E-state index contributed by atoms with van der Waals surface area (Å²) in [5.41, 5.74) is 0. The van der Waals surface area contributed by atoms with Gasteiger partial charge in [0.1, 0.15) is 0 Å². The molecule has 0 unspecified atom stereocenters. The first-order valence-corrected chi connectivity index (χ1v) is 2.49. The van der Waals surface area contributed by atoms with Crippen LogP contribution in [0.1, 0.15) is 0 Å². The second kappa shape index (κ2) is 6.82. The maximum absolute atomic E-state index is 11.9. The van der Waals surface area contributed by atoms with Gasteiger partial charge in [-0.25, -0.2) is 4.39 Å². The molecule has 0 aliphatic rings. The molecule has 0 rings (SSSR count). The van der Waals surface area contributed by atoms with E-state index in [4.69, 9.17) is 0 Å². The summed E-state index contributed by atoms with van der Waals surface area (Å²) in [5.74, 6) is -4.77. The van der Waals surface area contributed by atoms with E-state index in [1.165, 1.54) is 0 Å². The molecule has 0 aromatic carbocycles. The summed E-state index contributed by atoms with van der Waals surface area (Å²) in [6, 6.07) is 0. The van der Waals surface area contributed by atoms with Crippen molar-refractivity contribution in [2.45, 2.75) is 4.58 Å². The molecular weight excluding hydrogens is 245 g/mol. The first kappa shape index (κ1) is 18.2. The van der Waals surface area contributed by atoms with Crippen molar-refractivity contribution in [3.63, 3.8) is 0 Å². The largest absolute Gasteiger partial charge is 1.00 e. The Morgan fingerprint density at radius 1 is 1.18 bits per heavy atom. The summed E-state index contributed by atoms with van der Waals surface area (Å²) in [4.78, 5) is 19.0. The van der Waals surface area contributed by atoms with Crippen LogP contribution in [0.15, 0.2) is 0 Å². The van der Waals surface area contributed by atoms with Gasteiger partial charge < -0.3 is 19.8 Å². The smallest absolute Gasteiger partial charge is 0.545 e. The third-order valence-corrected chi connectivity index (χ3v) is 1.16. The zero-order valence-electron chi connectivity index (χ0n) is 5.89. The predicted molar refractivity (Wildman–Crippen MR) is 22.8 cm³/mol. The topological polar surface area (TPSA) is 80.3 Å². The van der Waals surface area contributed by atoms with Crippen molar-refractivity contribution < 1.29 is 83.3 Å². The molecule has 0 saturated heterocycles. The van der Waals surface area contributed by atoms with Crippen molar-refractivity contribution in [2.24, 2.45) is 0 Å². The fraction of sp³-hybridized carbons (Fsp3) is 0.333. The number of carboxylic acids is 2. The van der Waals surface area contributed by atoms with Gasteiger partial charge in [0, 0.05) is 0 Å². The summed E-state index contributed by atoms with van der Waals surface area (Å²) in [6.07, 6.45) is 0. The molecule has 0 amide bonds. The van der Waals surface area contributed by atoms with Gasteiger partial charge in [0.2, 0.25) is 4.58 Å². The Morgan fingerprint density at radius 3 is 1.36 bits per heavy atom. The minimum absolute atomic E-state index is 0. The van der Waals surface area contributed by atoms with E-state index >= 15 is 0 Å². The number of alkyl halides is 2. The molecule has 0 fully saturated rings. The van der Waals surface area contributed by atoms with Gasteiger partial charge in [0.25, 0.3) is 0 Å². The zero-order chi connectivity index (χ0) is 7.65. The van der Waals surface area contributed by atoms with Crippen LogP contribution in [0.4, 0.5) is 4.39 Å². The average Bonchev–Trinajstić information content (AvgIpc) is 1.65. The van der Waals surface area contributed by atoms with Crippen LogP contribution in [-0.2, 0) is 9.59 Å². The predicted octanol–water partition coefficient (Wildman–Crippen LogP) is -8.45. The van der Waals surface area contributed by atoms with Gasteiger partial charge in [0.05, 0.1) is 11.9 Å². The molecule has 0 aromatic heterocycles. The van der Waals surface area contributed by atoms with Crippen LogP contribution in [0, 0.1) is 0 Å². The van der Waals surface area contributed by atoms with Gasteiger partial charge >= 0.3 is 59.1 Å². The molecule has 4 nitrogen and oxygen atoms in total. The Morgan fingerprint density at radius 2 is 1.36 bits per heavy atom. The van der Waals surface area contributed by atoms with Crippen molar-refractivity contribution in [3.05, 3.63) is 0 Å². The normalized spacial score (nSPS) is 8.91. The van der Waals surface area contributed by atoms with Crippen LogP contribution in [0.2, 0.25) is 0 Å². The maximum Gasteiger partial charge on any atom is 1.00 e. The molecule has 11 heavy (non-hydrogen) atoms. The van der Waals surface area contributed by atoms with Crippen molar-refractivity contribution in [3.8, 4) is 0 Å². The molecular formula is C3BrFNa2O4. The van der Waals surface area contributed by atoms with E-state index in [0.29, 0.717) is 0 Å². The zero-order valence-corrected chi connectivity index (χ0v) is 11.5. The number of hydrogen-bond donors (Lipinski definition) is 0. The molecule has 0 aliphatic carbocycles. The number of aliphatic carboxylic acids is 2. The summed E-state index contributed by atoms with van der Waals surface area (Å²) in [5, 5.41) is 19.0. The molecule has 0 atom stereocenters. The molecule has 0 spiro atoms. The van der Waals surface area contributed by atoms with Gasteiger partial charge in [-0.3, -0.25) is 0 Å². The number of rotatable bonds is 2. The van der Waals surface area contributed by atoms with E-state index in [2.05, 4.69) is 0 Å². The van der Waals surface area contributed by atoms with Crippen LogP contribution in [0.5, 0.6) is 0 Å². The molecule has 0 heterocycles. The van der Waals surface area contributed by atoms with E-state index in [-0.39, 0.29) is 59.1 Å². The second-order valence-electron chi connectivity index (χ2n) is 1.15. The van der Waals surface area contributed by atoms with Crippen molar-refractivity contribution in [1.82, 2.24) is 0 Å². The van der Waals surface area contributed by atoms with Crippen LogP contribution < -0.4 is 69.3 Å². The third-order valence-electron chi connectivity index (χ3n) is 0.513. The van der Waals surface area contributed by atoms with Crippen molar-refractivity contribution in [2.75, 3.05) is 0 Å². The Hall–Kier alpha value is 1.35. The summed E-state index contributed by atoms with van der Waals surface area (Å²) >= 11 is 1.72. The van der Waals surface area contributed by atoms with E-state index in [1.54, 1.807) is 15.9 Å². The van der Waals surface area contributed by atoms with E-state index in [0.717, 1.165) is 0 Å². The van der Waals surface area contributed by atoms with E-state index in [1.807, 2.05) is 0 Å². The number of carboxylic acid groups (broad SMARTS) is 2. The SMILES string of the molecule is O=C([O-])C(F)(Br)C(=O)[O-].[Na+].[Na+]. The number of halogens is 2. The van der Waals surface area contributed by atoms with Gasteiger partial charge in [-0.1, -0.05) is 0 Å². The molecule has 0 N–H and O–H groups in total. The molecule has 0 bridgehead atoms. The van der Waals surface area contributed by atoms with Crippen LogP contribution in [0.25, 0.3) is 0 Å². The molecule has 0 saturated carbocycles. The molecule has 8 heteroatoms. The average molecular weight is 245 g/mol. The maximum atomic E-state index is 11.9. The Kier molecular flexibility index (Phi) is 11.3. The van der Waals surface area contributed by atoms with Crippen LogP contribution in [0.3, 0.4) is 0 Å². The second-order valence-corrected chi connectivity index (χ2v) is 2.24. The molecule has 52 valence electrons. The van der Waals surface area contributed by atoms with E-state index in [9.17, 15) is 24.2 Å². The van der Waals surface area contributed by atoms with E-state index < -0.39 is 16.5 Å². The van der Waals surface area contributed by atoms with Gasteiger partial charge in [-0.15, -0.1) is 0 Å². The Labute approximate surface area is 114 Å². The number of hydrogen-bond acceptors (Lipinski definition) is 4. The summed E-state index contributed by atoms with van der Waals surface area (Å²) in [7, 11) is 0. The van der Waals surface area contributed by atoms with Crippen LogP contribution >= 0.6 is 15.9 Å². The Balaban J connectivity index is -0.000000320. The standard InChI is InChI=1S/C3H2BrFO4.2Na/c4-3(5,1(6)7)2(8)9;;/h(H,6,7)(H,8,9);;/q;2*+1/p-2.